The number of hydrogen-bond acceptors (Lipinski definition) is 26. The third-order valence-electron chi connectivity index (χ3n) is 12.3. The molecule has 0 aliphatic carbocycles. The van der Waals surface area contributed by atoms with Gasteiger partial charge in [-0.3, -0.25) is 24.0 Å². The molecule has 31 heteroatoms. The first-order chi connectivity index (χ1) is 33.3. The van der Waals surface area contributed by atoms with Gasteiger partial charge in [-0.15, -0.1) is 0 Å². The summed E-state index contributed by atoms with van der Waals surface area (Å²) in [5.41, 5.74) is 0. The molecular formula is C40H67N5O26. The largest absolute Gasteiger partial charge is 0.394 e. The molecule has 1 unspecified atom stereocenters. The number of nitrogens with one attached hydrogen (secondary N) is 5. The van der Waals surface area contributed by atoms with Crippen LogP contribution in [0.5, 0.6) is 0 Å². The molecule has 31 nitrogen and oxygen atoms in total. The molecular weight excluding hydrogens is 966 g/mol. The Kier molecular flexibility index (Phi) is 21.1. The molecule has 17 N–H and O–H groups in total. The van der Waals surface area contributed by atoms with Crippen molar-refractivity contribution < 1.29 is 128 Å². The van der Waals surface area contributed by atoms with Gasteiger partial charge in [-0.25, -0.2) is 0 Å². The average molecular weight is 1030 g/mol. The highest BCUT2D eigenvalue weighted by molar-refractivity contribution is 5.74. The van der Waals surface area contributed by atoms with Crippen molar-refractivity contribution in [1.29, 1.82) is 0 Å². The standard InChI is InChI=1S/C40H67N5O26/c1-11(47)41-21-31(57)27(53)17(67-36(21)62)7-63-38-23(43-13(3)49)33(59)29(55)19(69-38)9-65-40-25(45-15(5)51)35(61)30(56)20(71-40)10-66-39-24(44-14(4)50)34(60)28(54)18(70-39)8-64-37-22(42-12(2)48)32(58)26(52)16(6-46)68-37/h16-40,46,52-62H,6-10H2,1-5H3,(H,41,47)(H,42,48)(H,43,49)(H,44,50)(H,45,51)/t16-,17-,18-,19-,20-,21-,22-,23-,24-,25-,26+,27+,28+,29+,30+,31-,32-,33-,34-,35-,36?,37-,38-,39-,40-/m1/s1. The minimum absolute atomic E-state index is 0.646. The van der Waals surface area contributed by atoms with Crippen LogP contribution in [0.4, 0.5) is 0 Å². The lowest BCUT2D eigenvalue weighted by atomic mass is 9.95. The fourth-order valence-electron chi connectivity index (χ4n) is 8.65. The van der Waals surface area contributed by atoms with Gasteiger partial charge in [0, 0.05) is 34.6 Å². The van der Waals surface area contributed by atoms with Crippen LogP contribution in [0.3, 0.4) is 0 Å². The summed E-state index contributed by atoms with van der Waals surface area (Å²) in [4.78, 5) is 60.1. The molecule has 0 saturated carbocycles. The lowest BCUT2D eigenvalue weighted by molar-refractivity contribution is -0.324. The summed E-state index contributed by atoms with van der Waals surface area (Å²) < 4.78 is 51.8. The first kappa shape index (κ1) is 58.4. The van der Waals surface area contributed by atoms with Crippen LogP contribution in [0, 0.1) is 0 Å². The molecule has 0 aromatic rings. The van der Waals surface area contributed by atoms with Crippen LogP contribution in [0.2, 0.25) is 0 Å². The van der Waals surface area contributed by atoms with Gasteiger partial charge in [-0.05, 0) is 0 Å². The fraction of sp³-hybridized carbons (Fsp3) is 0.875. The van der Waals surface area contributed by atoms with E-state index in [1.807, 2.05) is 0 Å². The maximum absolute atomic E-state index is 12.3. The SMILES string of the molecule is CC(=O)N[C@H]1[C@H](OC[C@H]2O[C@@H](OC[C@H]3O[C@@H](OC[C@H]4O[C@@H](OC[C@H]5OC(O)[C@H](NC(C)=O)[C@@H](O)[C@H]5O)[C@H](NC(C)=O)[C@@H](O)[C@H]4O)[C@H](NC(C)=O)[C@@H](O)[C@H]3O)[C@H](NC(C)=O)[C@@H](O)[C@H]2O)O[C@H](CO)[C@H](O)[C@@H]1O. The van der Waals surface area contributed by atoms with Crippen LogP contribution >= 0.6 is 0 Å². The molecule has 0 spiro atoms. The fourth-order valence-corrected chi connectivity index (χ4v) is 8.65. The first-order valence-corrected chi connectivity index (χ1v) is 22.5. The molecule has 0 bridgehead atoms. The van der Waals surface area contributed by atoms with Crippen LogP contribution in [0.1, 0.15) is 34.6 Å². The number of ether oxygens (including phenoxy) is 9. The number of aliphatic hydroxyl groups excluding tert-OH is 12. The zero-order valence-electron chi connectivity index (χ0n) is 39.1. The van der Waals surface area contributed by atoms with Gasteiger partial charge in [0.2, 0.25) is 29.5 Å². The maximum Gasteiger partial charge on any atom is 0.217 e. The Morgan fingerprint density at radius 3 is 0.803 bits per heavy atom. The molecule has 0 radical (unpaired) electrons. The zero-order valence-corrected chi connectivity index (χ0v) is 39.1. The van der Waals surface area contributed by atoms with Crippen molar-refractivity contribution in [2.45, 2.75) is 188 Å². The predicted octanol–water partition coefficient (Wildman–Crippen LogP) is -11.2. The van der Waals surface area contributed by atoms with Gasteiger partial charge < -0.3 is 130 Å². The minimum atomic E-state index is -1.89. The number of carbonyl (C=O) groups excluding carboxylic acids is 5. The summed E-state index contributed by atoms with van der Waals surface area (Å²) >= 11 is 0. The number of rotatable bonds is 18. The van der Waals surface area contributed by atoms with Crippen LogP contribution in [-0.2, 0) is 66.6 Å². The van der Waals surface area contributed by atoms with Crippen molar-refractivity contribution in [2.75, 3.05) is 33.0 Å². The molecule has 71 heavy (non-hydrogen) atoms. The second kappa shape index (κ2) is 25.6. The summed E-state index contributed by atoms with van der Waals surface area (Å²) in [5.74, 6) is -3.46. The normalized spacial score (nSPS) is 43.9. The van der Waals surface area contributed by atoms with Gasteiger partial charge in [-0.1, -0.05) is 0 Å². The van der Waals surface area contributed by atoms with Crippen molar-refractivity contribution in [3.63, 3.8) is 0 Å². The van der Waals surface area contributed by atoms with Crippen molar-refractivity contribution in [3.8, 4) is 0 Å². The van der Waals surface area contributed by atoms with E-state index in [-0.39, 0.29) is 0 Å². The summed E-state index contributed by atoms with van der Waals surface area (Å²) in [6.07, 6.45) is -34.0. The van der Waals surface area contributed by atoms with Crippen molar-refractivity contribution in [1.82, 2.24) is 26.6 Å². The quantitative estimate of drug-likeness (QED) is 0.0606. The third-order valence-corrected chi connectivity index (χ3v) is 12.3. The molecule has 408 valence electrons. The summed E-state index contributed by atoms with van der Waals surface area (Å²) in [6, 6.07) is -7.37. The second-order valence-electron chi connectivity index (χ2n) is 17.8. The molecule has 0 aromatic heterocycles. The summed E-state index contributed by atoms with van der Waals surface area (Å²) in [5, 5.41) is 141. The van der Waals surface area contributed by atoms with Gasteiger partial charge >= 0.3 is 0 Å². The Labute approximate surface area is 404 Å². The smallest absolute Gasteiger partial charge is 0.217 e. The highest BCUT2D eigenvalue weighted by atomic mass is 16.7. The first-order valence-electron chi connectivity index (χ1n) is 22.5. The van der Waals surface area contributed by atoms with E-state index >= 15 is 0 Å². The molecule has 5 saturated heterocycles. The third kappa shape index (κ3) is 14.4. The molecule has 5 aliphatic heterocycles. The highest BCUT2D eigenvalue weighted by Crippen LogP contribution is 2.31. The zero-order chi connectivity index (χ0) is 52.8. The summed E-state index contributed by atoms with van der Waals surface area (Å²) in [6.45, 7) is 1.84. The second-order valence-corrected chi connectivity index (χ2v) is 17.8. The van der Waals surface area contributed by atoms with E-state index in [0.717, 1.165) is 34.6 Å². The lowest BCUT2D eigenvalue weighted by Gasteiger charge is -2.46. The van der Waals surface area contributed by atoms with E-state index in [4.69, 9.17) is 42.6 Å². The van der Waals surface area contributed by atoms with Gasteiger partial charge in [0.15, 0.2) is 31.5 Å². The van der Waals surface area contributed by atoms with Crippen LogP contribution in [-0.4, -0.2) is 277 Å². The molecule has 5 heterocycles. The molecule has 5 amide bonds. The van der Waals surface area contributed by atoms with E-state index < -0.39 is 216 Å². The molecule has 25 atom stereocenters. The van der Waals surface area contributed by atoms with Crippen LogP contribution < -0.4 is 26.6 Å². The van der Waals surface area contributed by atoms with Crippen molar-refractivity contribution in [3.05, 3.63) is 0 Å². The molecule has 0 aromatic carbocycles. The van der Waals surface area contributed by atoms with Gasteiger partial charge in [0.25, 0.3) is 0 Å². The monoisotopic (exact) mass is 1030 g/mol. The van der Waals surface area contributed by atoms with Crippen molar-refractivity contribution in [2.24, 2.45) is 0 Å². The maximum atomic E-state index is 12.3. The Morgan fingerprint density at radius 2 is 0.549 bits per heavy atom. The Bertz CT molecular complexity index is 1790. The van der Waals surface area contributed by atoms with Gasteiger partial charge in [0.05, 0.1) is 33.0 Å². The van der Waals surface area contributed by atoms with Crippen LogP contribution in [0.15, 0.2) is 0 Å². The van der Waals surface area contributed by atoms with Crippen LogP contribution in [0.25, 0.3) is 0 Å². The Morgan fingerprint density at radius 1 is 0.338 bits per heavy atom. The topological polar surface area (TPSA) is 471 Å². The Hall–Kier alpha value is -3.49. The van der Waals surface area contributed by atoms with Crippen molar-refractivity contribution >= 4 is 29.5 Å². The molecule has 5 aliphatic rings. The lowest BCUT2D eigenvalue weighted by Crippen LogP contribution is -2.68. The van der Waals surface area contributed by atoms with Gasteiger partial charge in [0.1, 0.15) is 122 Å². The average Bonchev–Trinajstić information content (AvgIpc) is 3.29. The molecule has 5 fully saturated rings. The molecule has 5 rings (SSSR count). The van der Waals surface area contributed by atoms with E-state index in [9.17, 15) is 85.3 Å². The number of carbonyl (C=O) groups is 5. The number of aliphatic hydroxyl groups is 12. The van der Waals surface area contributed by atoms with Gasteiger partial charge in [-0.2, -0.15) is 0 Å². The minimum Gasteiger partial charge on any atom is -0.394 e. The number of hydrogen-bond donors (Lipinski definition) is 17. The van der Waals surface area contributed by atoms with E-state index in [2.05, 4.69) is 26.6 Å². The van der Waals surface area contributed by atoms with E-state index in [0.29, 0.717) is 0 Å². The summed E-state index contributed by atoms with van der Waals surface area (Å²) in [7, 11) is 0. The highest BCUT2D eigenvalue weighted by Gasteiger charge is 2.53. The number of amides is 5. The predicted molar refractivity (Wildman–Crippen MR) is 225 cm³/mol. The Balaban J connectivity index is 1.29. The van der Waals surface area contributed by atoms with E-state index in [1.54, 1.807) is 0 Å². The van der Waals surface area contributed by atoms with E-state index in [1.165, 1.54) is 0 Å².